The number of methoxy groups -OCH3 is 1. The van der Waals surface area contributed by atoms with Crippen LogP contribution in [0.5, 0.6) is 5.75 Å². The van der Waals surface area contributed by atoms with Crippen LogP contribution < -0.4 is 15.1 Å². The number of ether oxygens (including phenoxy) is 2. The molecule has 0 saturated heterocycles. The number of halogens is 1. The second kappa shape index (κ2) is 11.8. The Kier molecular flexibility index (Phi) is 9.16. The van der Waals surface area contributed by atoms with E-state index >= 15 is 0 Å². The van der Waals surface area contributed by atoms with Crippen LogP contribution in [-0.4, -0.2) is 34.0 Å². The molecule has 0 aliphatic rings. The number of rotatable bonds is 11. The van der Waals surface area contributed by atoms with Gasteiger partial charge in [0.25, 0.3) is 8.32 Å². The third kappa shape index (κ3) is 6.27. The van der Waals surface area contributed by atoms with Gasteiger partial charge in [-0.15, -0.1) is 11.6 Å². The zero-order valence-corrected chi connectivity index (χ0v) is 21.8. The summed E-state index contributed by atoms with van der Waals surface area (Å²) in [6, 6.07) is 29.3. The Morgan fingerprint density at radius 1 is 0.818 bits per heavy atom. The SMILES string of the molecule is COc1ccc(CO[C@@H](CCCl)CO[Si](c2ccccc2)(c2ccccc2)C(C)(C)C)cc1. The highest BCUT2D eigenvalue weighted by atomic mass is 35.5. The van der Waals surface area contributed by atoms with Crippen LogP contribution >= 0.6 is 11.6 Å². The largest absolute Gasteiger partial charge is 0.497 e. The fourth-order valence-corrected chi connectivity index (χ4v) is 9.09. The third-order valence-electron chi connectivity index (χ3n) is 5.98. The van der Waals surface area contributed by atoms with E-state index in [0.717, 1.165) is 17.7 Å². The lowest BCUT2D eigenvalue weighted by molar-refractivity contribution is 0.00557. The molecule has 0 heterocycles. The summed E-state index contributed by atoms with van der Waals surface area (Å²) in [5.74, 6) is 1.36. The molecule has 0 bridgehead atoms. The quantitative estimate of drug-likeness (QED) is 0.256. The van der Waals surface area contributed by atoms with E-state index in [2.05, 4.69) is 81.4 Å². The molecule has 0 aliphatic heterocycles. The van der Waals surface area contributed by atoms with E-state index in [1.807, 2.05) is 24.3 Å². The zero-order valence-electron chi connectivity index (χ0n) is 20.1. The Morgan fingerprint density at radius 2 is 1.36 bits per heavy atom. The molecule has 3 rings (SSSR count). The number of benzene rings is 3. The molecule has 1 atom stereocenters. The first-order valence-corrected chi connectivity index (χ1v) is 13.9. The Bertz CT molecular complexity index is 916. The molecule has 0 amide bonds. The summed E-state index contributed by atoms with van der Waals surface area (Å²) in [5.41, 5.74) is 1.10. The molecule has 0 saturated carbocycles. The van der Waals surface area contributed by atoms with Crippen molar-refractivity contribution in [1.29, 1.82) is 0 Å². The van der Waals surface area contributed by atoms with Gasteiger partial charge in [0.1, 0.15) is 5.75 Å². The molecule has 5 heteroatoms. The van der Waals surface area contributed by atoms with Gasteiger partial charge < -0.3 is 13.9 Å². The van der Waals surface area contributed by atoms with Crippen LogP contribution in [-0.2, 0) is 15.8 Å². The van der Waals surface area contributed by atoms with E-state index in [-0.39, 0.29) is 11.1 Å². The van der Waals surface area contributed by atoms with Gasteiger partial charge in [0.2, 0.25) is 0 Å². The lowest BCUT2D eigenvalue weighted by atomic mass is 10.2. The molecule has 0 aliphatic carbocycles. The number of hydrogen-bond donors (Lipinski definition) is 0. The van der Waals surface area contributed by atoms with Crippen molar-refractivity contribution in [2.75, 3.05) is 19.6 Å². The van der Waals surface area contributed by atoms with Crippen molar-refractivity contribution in [2.45, 2.75) is 44.9 Å². The zero-order chi connectivity index (χ0) is 23.7. The molecule has 33 heavy (non-hydrogen) atoms. The molecule has 0 N–H and O–H groups in total. The highest BCUT2D eigenvalue weighted by molar-refractivity contribution is 6.99. The van der Waals surface area contributed by atoms with Crippen molar-refractivity contribution in [3.63, 3.8) is 0 Å². The van der Waals surface area contributed by atoms with Crippen molar-refractivity contribution < 1.29 is 13.9 Å². The molecular weight excluding hydrogens is 448 g/mol. The highest BCUT2D eigenvalue weighted by Crippen LogP contribution is 2.37. The van der Waals surface area contributed by atoms with Crippen molar-refractivity contribution in [1.82, 2.24) is 0 Å². The second-order valence-corrected chi connectivity index (χ2v) is 13.9. The summed E-state index contributed by atoms with van der Waals surface area (Å²) in [5, 5.41) is 2.46. The van der Waals surface area contributed by atoms with Gasteiger partial charge in [0.15, 0.2) is 0 Å². The number of alkyl halides is 1. The van der Waals surface area contributed by atoms with Gasteiger partial charge >= 0.3 is 0 Å². The fourth-order valence-electron chi connectivity index (χ4n) is 4.25. The normalized spacial score (nSPS) is 13.0. The molecule has 0 unspecified atom stereocenters. The van der Waals surface area contributed by atoms with Gasteiger partial charge in [-0.2, -0.15) is 0 Å². The fraction of sp³-hybridized carbons (Fsp3) is 0.357. The molecule has 0 spiro atoms. The number of hydrogen-bond acceptors (Lipinski definition) is 3. The predicted octanol–water partition coefficient (Wildman–Crippen LogP) is 5.79. The summed E-state index contributed by atoms with van der Waals surface area (Å²) < 4.78 is 18.6. The van der Waals surface area contributed by atoms with Crippen molar-refractivity contribution in [3.05, 3.63) is 90.5 Å². The van der Waals surface area contributed by atoms with Gasteiger partial charge in [-0.05, 0) is 39.5 Å². The second-order valence-electron chi connectivity index (χ2n) is 9.23. The Balaban J connectivity index is 1.86. The van der Waals surface area contributed by atoms with Gasteiger partial charge in [-0.25, -0.2) is 0 Å². The summed E-state index contributed by atoms with van der Waals surface area (Å²) in [4.78, 5) is 0. The topological polar surface area (TPSA) is 27.7 Å². The summed E-state index contributed by atoms with van der Waals surface area (Å²) in [6.45, 7) is 7.86. The van der Waals surface area contributed by atoms with E-state index in [9.17, 15) is 0 Å². The smallest absolute Gasteiger partial charge is 0.261 e. The monoisotopic (exact) mass is 482 g/mol. The standard InChI is InChI=1S/C28H35ClO3Si/c1-28(2,3)33(26-11-7-5-8-12-26,27-13-9-6-10-14-27)32-22-25(19-20-29)31-21-23-15-17-24(30-4)18-16-23/h5-18,25H,19-22H2,1-4H3/t25-/m0/s1. The van der Waals surface area contributed by atoms with Crippen molar-refractivity contribution in [2.24, 2.45) is 0 Å². The Labute approximate surface area is 204 Å². The van der Waals surface area contributed by atoms with E-state index in [4.69, 9.17) is 25.5 Å². The molecule has 176 valence electrons. The van der Waals surface area contributed by atoms with E-state index in [0.29, 0.717) is 19.1 Å². The lowest BCUT2D eigenvalue weighted by Gasteiger charge is -2.43. The average molecular weight is 483 g/mol. The molecule has 3 aromatic carbocycles. The molecular formula is C28H35ClO3Si. The first-order valence-electron chi connectivity index (χ1n) is 11.5. The molecule has 0 fully saturated rings. The lowest BCUT2D eigenvalue weighted by Crippen LogP contribution is -2.67. The van der Waals surface area contributed by atoms with E-state index in [1.165, 1.54) is 10.4 Å². The first-order chi connectivity index (χ1) is 15.9. The van der Waals surface area contributed by atoms with Crippen LogP contribution in [0.25, 0.3) is 0 Å². The minimum atomic E-state index is -2.60. The maximum Gasteiger partial charge on any atom is 0.261 e. The van der Waals surface area contributed by atoms with E-state index < -0.39 is 8.32 Å². The molecule has 3 nitrogen and oxygen atoms in total. The van der Waals surface area contributed by atoms with Crippen LogP contribution in [0.3, 0.4) is 0 Å². The van der Waals surface area contributed by atoms with Crippen LogP contribution in [0, 0.1) is 0 Å². The van der Waals surface area contributed by atoms with Crippen LogP contribution in [0.4, 0.5) is 0 Å². The maximum absolute atomic E-state index is 7.04. The van der Waals surface area contributed by atoms with Crippen molar-refractivity contribution in [3.8, 4) is 5.75 Å². The highest BCUT2D eigenvalue weighted by Gasteiger charge is 2.50. The van der Waals surface area contributed by atoms with Crippen LogP contribution in [0.2, 0.25) is 5.04 Å². The molecule has 3 aromatic rings. The van der Waals surface area contributed by atoms with Gasteiger partial charge in [-0.3, -0.25) is 0 Å². The van der Waals surface area contributed by atoms with E-state index in [1.54, 1.807) is 7.11 Å². The first kappa shape index (κ1) is 25.5. The summed E-state index contributed by atoms with van der Waals surface area (Å²) in [7, 11) is -0.931. The van der Waals surface area contributed by atoms with Crippen LogP contribution in [0.1, 0.15) is 32.8 Å². The summed E-state index contributed by atoms with van der Waals surface area (Å²) in [6.07, 6.45) is 0.641. The summed E-state index contributed by atoms with van der Waals surface area (Å²) >= 11 is 6.15. The van der Waals surface area contributed by atoms with Gasteiger partial charge in [0.05, 0.1) is 26.4 Å². The van der Waals surface area contributed by atoms with Gasteiger partial charge in [-0.1, -0.05) is 93.6 Å². The third-order valence-corrected chi connectivity index (χ3v) is 11.2. The van der Waals surface area contributed by atoms with Crippen molar-refractivity contribution >= 4 is 30.3 Å². The minimum absolute atomic E-state index is 0.0722. The Morgan fingerprint density at radius 3 is 1.82 bits per heavy atom. The Hall–Kier alpha value is -2.11. The van der Waals surface area contributed by atoms with Crippen LogP contribution in [0.15, 0.2) is 84.9 Å². The molecule has 0 radical (unpaired) electrons. The maximum atomic E-state index is 7.04. The average Bonchev–Trinajstić information content (AvgIpc) is 2.83. The predicted molar refractivity (Wildman–Crippen MR) is 140 cm³/mol. The van der Waals surface area contributed by atoms with Gasteiger partial charge in [0, 0.05) is 5.88 Å². The molecule has 0 aromatic heterocycles. The minimum Gasteiger partial charge on any atom is -0.497 e.